The van der Waals surface area contributed by atoms with Gasteiger partial charge < -0.3 is 9.84 Å². The van der Waals surface area contributed by atoms with Crippen LogP contribution in [0.2, 0.25) is 0 Å². The minimum atomic E-state index is 0.574. The minimum Gasteiger partial charge on any atom is -0.338 e. The number of hydrogen-bond acceptors (Lipinski definition) is 4. The molecule has 1 aromatic carbocycles. The molecule has 1 N–H and O–H groups in total. The van der Waals surface area contributed by atoms with Crippen molar-refractivity contribution < 1.29 is 4.52 Å². The Bertz CT molecular complexity index is 566. The second-order valence-corrected chi connectivity index (χ2v) is 6.17. The first-order valence-electron chi connectivity index (χ1n) is 7.81. The molecular formula is C17H23N3O. The molecule has 1 aliphatic carbocycles. The van der Waals surface area contributed by atoms with Gasteiger partial charge >= 0.3 is 0 Å². The van der Waals surface area contributed by atoms with E-state index in [2.05, 4.69) is 41.4 Å². The molecule has 0 saturated heterocycles. The topological polar surface area (TPSA) is 51.0 Å². The fourth-order valence-electron chi connectivity index (χ4n) is 3.08. The zero-order valence-electron chi connectivity index (χ0n) is 12.7. The van der Waals surface area contributed by atoms with E-state index in [-0.39, 0.29) is 0 Å². The summed E-state index contributed by atoms with van der Waals surface area (Å²) in [4.78, 5) is 4.47. The molecule has 1 heterocycles. The van der Waals surface area contributed by atoms with Gasteiger partial charge in [0.25, 0.3) is 0 Å². The van der Waals surface area contributed by atoms with Crippen LogP contribution in [0, 0.1) is 11.8 Å². The van der Waals surface area contributed by atoms with Crippen LogP contribution in [0.15, 0.2) is 34.9 Å². The summed E-state index contributed by atoms with van der Waals surface area (Å²) in [6, 6.07) is 10.8. The molecule has 3 rings (SSSR count). The van der Waals surface area contributed by atoms with Gasteiger partial charge in [0.2, 0.25) is 5.89 Å². The van der Waals surface area contributed by atoms with Crippen LogP contribution in [0.25, 0.3) is 0 Å². The second kappa shape index (κ2) is 6.39. The van der Waals surface area contributed by atoms with Gasteiger partial charge in [0.05, 0.1) is 6.54 Å². The predicted molar refractivity (Wildman–Crippen MR) is 81.7 cm³/mol. The average Bonchev–Trinajstić information content (AvgIpc) is 3.07. The van der Waals surface area contributed by atoms with Crippen LogP contribution >= 0.6 is 0 Å². The average molecular weight is 285 g/mol. The zero-order valence-corrected chi connectivity index (χ0v) is 12.7. The zero-order chi connectivity index (χ0) is 14.7. The summed E-state index contributed by atoms with van der Waals surface area (Å²) in [5, 5.41) is 7.62. The number of benzene rings is 1. The van der Waals surface area contributed by atoms with E-state index in [1.807, 2.05) is 18.2 Å². The van der Waals surface area contributed by atoms with Crippen molar-refractivity contribution >= 4 is 0 Å². The van der Waals surface area contributed by atoms with Crippen molar-refractivity contribution in [2.24, 2.45) is 11.8 Å². The molecule has 3 unspecified atom stereocenters. The van der Waals surface area contributed by atoms with Crippen molar-refractivity contribution in [1.82, 2.24) is 15.5 Å². The lowest BCUT2D eigenvalue weighted by Crippen LogP contribution is -2.32. The standard InChI is InChI=1S/C17H23N3O/c1-12-8-9-15(13(12)2)18-11-17-19-16(20-21-17)10-14-6-4-3-5-7-14/h3-7,12-13,15,18H,8-11H2,1-2H3. The Kier molecular flexibility index (Phi) is 4.34. The molecule has 3 atom stereocenters. The van der Waals surface area contributed by atoms with Crippen LogP contribution in [-0.2, 0) is 13.0 Å². The number of rotatable bonds is 5. The Morgan fingerprint density at radius 1 is 1.19 bits per heavy atom. The SMILES string of the molecule is CC1CCC(NCc2nc(Cc3ccccc3)no2)C1C. The fraction of sp³-hybridized carbons (Fsp3) is 0.529. The van der Waals surface area contributed by atoms with E-state index in [0.717, 1.165) is 24.1 Å². The summed E-state index contributed by atoms with van der Waals surface area (Å²) < 4.78 is 5.34. The van der Waals surface area contributed by atoms with Crippen molar-refractivity contribution in [3.63, 3.8) is 0 Å². The Labute approximate surface area is 126 Å². The molecule has 4 heteroatoms. The van der Waals surface area contributed by atoms with Gasteiger partial charge in [-0.3, -0.25) is 0 Å². The summed E-state index contributed by atoms with van der Waals surface area (Å²) in [5.74, 6) is 2.97. The lowest BCUT2D eigenvalue weighted by atomic mass is 9.98. The summed E-state index contributed by atoms with van der Waals surface area (Å²) in [7, 11) is 0. The third-order valence-corrected chi connectivity index (χ3v) is 4.70. The molecule has 0 bridgehead atoms. The molecule has 0 amide bonds. The predicted octanol–water partition coefficient (Wildman–Crippen LogP) is 3.18. The number of nitrogens with one attached hydrogen (secondary N) is 1. The monoisotopic (exact) mass is 285 g/mol. The third kappa shape index (κ3) is 3.50. The molecule has 1 saturated carbocycles. The van der Waals surface area contributed by atoms with Crippen LogP contribution in [0.1, 0.15) is 44.0 Å². The maximum Gasteiger partial charge on any atom is 0.240 e. The van der Waals surface area contributed by atoms with Gasteiger partial charge in [-0.2, -0.15) is 4.98 Å². The molecule has 1 aliphatic rings. The Morgan fingerprint density at radius 2 is 2.00 bits per heavy atom. The van der Waals surface area contributed by atoms with Crippen LogP contribution in [-0.4, -0.2) is 16.2 Å². The highest BCUT2D eigenvalue weighted by Crippen LogP contribution is 2.31. The smallest absolute Gasteiger partial charge is 0.240 e. The van der Waals surface area contributed by atoms with E-state index in [4.69, 9.17) is 4.52 Å². The minimum absolute atomic E-state index is 0.574. The molecule has 0 spiro atoms. The van der Waals surface area contributed by atoms with Crippen LogP contribution < -0.4 is 5.32 Å². The summed E-state index contributed by atoms with van der Waals surface area (Å²) in [6.07, 6.45) is 3.27. The lowest BCUT2D eigenvalue weighted by Gasteiger charge is -2.18. The summed E-state index contributed by atoms with van der Waals surface area (Å²) in [6.45, 7) is 5.32. The van der Waals surface area contributed by atoms with E-state index in [0.29, 0.717) is 18.5 Å². The maximum absolute atomic E-state index is 5.34. The van der Waals surface area contributed by atoms with Gasteiger partial charge in [-0.1, -0.05) is 49.3 Å². The maximum atomic E-state index is 5.34. The quantitative estimate of drug-likeness (QED) is 0.916. The summed E-state index contributed by atoms with van der Waals surface area (Å²) in [5.41, 5.74) is 1.20. The van der Waals surface area contributed by atoms with Crippen molar-refractivity contribution in [3.05, 3.63) is 47.6 Å². The van der Waals surface area contributed by atoms with Gasteiger partial charge in [0, 0.05) is 12.5 Å². The van der Waals surface area contributed by atoms with Gasteiger partial charge in [0.15, 0.2) is 5.82 Å². The van der Waals surface area contributed by atoms with E-state index >= 15 is 0 Å². The van der Waals surface area contributed by atoms with Crippen molar-refractivity contribution in [2.45, 2.75) is 45.7 Å². The molecule has 112 valence electrons. The largest absolute Gasteiger partial charge is 0.338 e. The molecular weight excluding hydrogens is 262 g/mol. The van der Waals surface area contributed by atoms with Crippen LogP contribution in [0.5, 0.6) is 0 Å². The van der Waals surface area contributed by atoms with E-state index < -0.39 is 0 Å². The second-order valence-electron chi connectivity index (χ2n) is 6.17. The summed E-state index contributed by atoms with van der Waals surface area (Å²) >= 11 is 0. The molecule has 2 aromatic rings. The Hall–Kier alpha value is -1.68. The molecule has 21 heavy (non-hydrogen) atoms. The van der Waals surface area contributed by atoms with Crippen molar-refractivity contribution in [2.75, 3.05) is 0 Å². The van der Waals surface area contributed by atoms with E-state index in [9.17, 15) is 0 Å². The Balaban J connectivity index is 1.53. The Morgan fingerprint density at radius 3 is 2.71 bits per heavy atom. The number of nitrogens with zero attached hydrogens (tertiary/aromatic N) is 2. The van der Waals surface area contributed by atoms with Crippen molar-refractivity contribution in [1.29, 1.82) is 0 Å². The van der Waals surface area contributed by atoms with Gasteiger partial charge in [0.1, 0.15) is 0 Å². The van der Waals surface area contributed by atoms with Crippen LogP contribution in [0.3, 0.4) is 0 Å². The highest BCUT2D eigenvalue weighted by atomic mass is 16.5. The molecule has 0 radical (unpaired) electrons. The molecule has 4 nitrogen and oxygen atoms in total. The third-order valence-electron chi connectivity index (χ3n) is 4.70. The fourth-order valence-corrected chi connectivity index (χ4v) is 3.08. The lowest BCUT2D eigenvalue weighted by molar-refractivity contribution is 0.326. The highest BCUT2D eigenvalue weighted by Gasteiger charge is 2.29. The molecule has 1 aromatic heterocycles. The first-order chi connectivity index (χ1) is 10.2. The van der Waals surface area contributed by atoms with Gasteiger partial charge in [-0.05, 0) is 30.2 Å². The van der Waals surface area contributed by atoms with Gasteiger partial charge in [-0.25, -0.2) is 0 Å². The van der Waals surface area contributed by atoms with Crippen molar-refractivity contribution in [3.8, 4) is 0 Å². The first kappa shape index (κ1) is 14.3. The first-order valence-corrected chi connectivity index (χ1v) is 7.81. The van der Waals surface area contributed by atoms with E-state index in [1.165, 1.54) is 18.4 Å². The van der Waals surface area contributed by atoms with Crippen LogP contribution in [0.4, 0.5) is 0 Å². The highest BCUT2D eigenvalue weighted by molar-refractivity contribution is 5.18. The normalized spacial score (nSPS) is 25.3. The number of aromatic nitrogens is 2. The number of hydrogen-bond donors (Lipinski definition) is 1. The van der Waals surface area contributed by atoms with Gasteiger partial charge in [-0.15, -0.1) is 0 Å². The molecule has 0 aliphatic heterocycles. The van der Waals surface area contributed by atoms with E-state index in [1.54, 1.807) is 0 Å². The molecule has 1 fully saturated rings.